The fourth-order valence-electron chi connectivity index (χ4n) is 11.5. The Hall–Kier alpha value is -6.15. The zero-order chi connectivity index (χ0) is 44.7. The molecule has 4 bridgehead atoms. The molecule has 1 saturated heterocycles. The van der Waals surface area contributed by atoms with Crippen LogP contribution in [0.25, 0.3) is 17.2 Å². The van der Waals surface area contributed by atoms with E-state index < -0.39 is 18.1 Å². The molecule has 2 aliphatic carbocycles. The summed E-state index contributed by atoms with van der Waals surface area (Å²) in [6.45, 7) is 4.73. The number of piperazine rings is 1. The highest BCUT2D eigenvalue weighted by molar-refractivity contribution is 6.05. The number of carbonyl (C=O) groups excluding carboxylic acids is 1. The number of phenolic OH excluding ortho intramolecular Hbond substituents is 2. The minimum absolute atomic E-state index is 0.00141. The van der Waals surface area contributed by atoms with Gasteiger partial charge in [-0.25, -0.2) is 0 Å². The van der Waals surface area contributed by atoms with E-state index in [9.17, 15) is 20.1 Å². The van der Waals surface area contributed by atoms with E-state index in [2.05, 4.69) is 59.3 Å². The molecule has 10 nitrogen and oxygen atoms in total. The van der Waals surface area contributed by atoms with Crippen molar-refractivity contribution in [3.8, 4) is 51.7 Å². The Labute approximate surface area is 381 Å². The topological polar surface area (TPSA) is 139 Å². The summed E-state index contributed by atoms with van der Waals surface area (Å²) < 4.78 is 19.2. The Morgan fingerprint density at radius 2 is 1.75 bits per heavy atom. The van der Waals surface area contributed by atoms with Crippen molar-refractivity contribution >= 4 is 17.7 Å². The normalized spacial score (nSPS) is 23.7. The minimum atomic E-state index is -0.814. The van der Waals surface area contributed by atoms with Gasteiger partial charge in [-0.15, -0.1) is 0 Å². The maximum atomic E-state index is 12.5. The summed E-state index contributed by atoms with van der Waals surface area (Å²) in [6.07, 6.45) is 11.7. The van der Waals surface area contributed by atoms with Crippen LogP contribution in [0, 0.1) is 17.3 Å². The molecule has 10 rings (SSSR count). The molecule has 5 aliphatic rings. The Morgan fingerprint density at radius 1 is 0.954 bits per heavy atom. The number of hydrogen-bond donors (Lipinski definition) is 4. The second kappa shape index (κ2) is 17.7. The first-order valence-corrected chi connectivity index (χ1v) is 23.4. The van der Waals surface area contributed by atoms with Crippen molar-refractivity contribution < 1.29 is 34.3 Å². The molecule has 2 saturated carbocycles. The number of anilines is 1. The average Bonchev–Trinajstić information content (AvgIpc) is 4.08. The van der Waals surface area contributed by atoms with Gasteiger partial charge in [-0.3, -0.25) is 4.79 Å². The fraction of sp³-hybridized carbons (Fsp3) is 0.400. The van der Waals surface area contributed by atoms with Gasteiger partial charge < -0.3 is 44.7 Å². The van der Waals surface area contributed by atoms with Crippen molar-refractivity contribution in [2.24, 2.45) is 5.41 Å². The summed E-state index contributed by atoms with van der Waals surface area (Å²) >= 11 is 0. The number of ether oxygens (including phenoxy) is 3. The van der Waals surface area contributed by atoms with Gasteiger partial charge in [-0.05, 0) is 103 Å². The predicted molar refractivity (Wildman–Crippen MR) is 254 cm³/mol. The lowest BCUT2D eigenvalue weighted by atomic mass is 9.64. The van der Waals surface area contributed by atoms with Gasteiger partial charge in [0.2, 0.25) is 5.75 Å². The highest BCUT2D eigenvalue weighted by Crippen LogP contribution is 2.62. The van der Waals surface area contributed by atoms with E-state index in [1.54, 1.807) is 30.3 Å². The number of hydrogen-bond acceptors (Lipinski definition) is 8. The molecule has 5 N–H and O–H groups in total. The summed E-state index contributed by atoms with van der Waals surface area (Å²) in [5.41, 5.74) is 7.22. The number of aromatic hydroxyl groups is 2. The molecule has 5 atom stereocenters. The van der Waals surface area contributed by atoms with Gasteiger partial charge in [0.25, 0.3) is 0 Å². The fourth-order valence-corrected chi connectivity index (χ4v) is 11.5. The summed E-state index contributed by atoms with van der Waals surface area (Å²) in [7, 11) is 1.46. The van der Waals surface area contributed by atoms with Crippen molar-refractivity contribution in [2.45, 2.75) is 101 Å². The minimum Gasteiger partial charge on any atom is -0.508 e. The maximum absolute atomic E-state index is 12.5. The SMILES string of the molecule is COc1c(O)c(C2C#CC3CN(CCN3)c3[n-]c(C4(C)CCCC45CCCC5)cc3-c3cccc(c3)C2)c2c(c1OCCC(O)C=Cc1ccccc1)C(=[OH+])CC(c1ccc(O)cc1)O2. The van der Waals surface area contributed by atoms with Gasteiger partial charge in [0, 0.05) is 6.42 Å². The number of nitrogens with zero attached hydrogens (tertiary/aromatic N) is 2. The Balaban J connectivity index is 1.05. The van der Waals surface area contributed by atoms with Crippen molar-refractivity contribution in [1.29, 1.82) is 0 Å². The lowest BCUT2D eigenvalue weighted by molar-refractivity contribution is 0.172. The smallest absolute Gasteiger partial charge is 0.335 e. The van der Waals surface area contributed by atoms with E-state index >= 15 is 0 Å². The molecule has 5 unspecified atom stereocenters. The largest absolute Gasteiger partial charge is 0.508 e. The van der Waals surface area contributed by atoms with Crippen LogP contribution in [0.15, 0.2) is 91.0 Å². The lowest BCUT2D eigenvalue weighted by Crippen LogP contribution is -2.50. The van der Waals surface area contributed by atoms with E-state index in [4.69, 9.17) is 19.2 Å². The summed E-state index contributed by atoms with van der Waals surface area (Å²) in [6, 6.07) is 27.3. The number of fused-ring (bicyclic) bond motifs is 8. The van der Waals surface area contributed by atoms with Gasteiger partial charge in [-0.1, -0.05) is 134 Å². The molecule has 3 aliphatic heterocycles. The zero-order valence-electron chi connectivity index (χ0n) is 37.4. The third-order valence-electron chi connectivity index (χ3n) is 15.1. The lowest BCUT2D eigenvalue weighted by Gasteiger charge is -2.43. The number of aromatic nitrogens is 1. The van der Waals surface area contributed by atoms with Gasteiger partial charge in [0.1, 0.15) is 24.0 Å². The van der Waals surface area contributed by atoms with Crippen LogP contribution in [0.5, 0.6) is 28.7 Å². The Morgan fingerprint density at radius 3 is 2.55 bits per heavy atom. The maximum Gasteiger partial charge on any atom is 0.335 e. The number of ketones is 1. The second-order valence-corrected chi connectivity index (χ2v) is 18.9. The van der Waals surface area contributed by atoms with Gasteiger partial charge in [0.15, 0.2) is 17.1 Å². The number of aliphatic hydroxyl groups is 1. The van der Waals surface area contributed by atoms with Crippen molar-refractivity contribution in [1.82, 2.24) is 10.3 Å². The Bertz CT molecular complexity index is 2650. The number of phenols is 2. The van der Waals surface area contributed by atoms with Crippen molar-refractivity contribution in [3.05, 3.63) is 125 Å². The molecular formula is C55H59N3O7. The molecule has 10 heteroatoms. The van der Waals surface area contributed by atoms with Crippen LogP contribution < -0.4 is 29.4 Å². The summed E-state index contributed by atoms with van der Waals surface area (Å²) in [5, 5.41) is 37.2. The van der Waals surface area contributed by atoms with Crippen LogP contribution in [0.3, 0.4) is 0 Å². The summed E-state index contributed by atoms with van der Waals surface area (Å²) in [4.78, 5) is 20.1. The highest BCUT2D eigenvalue weighted by Gasteiger charge is 2.53. The molecular weight excluding hydrogens is 815 g/mol. The summed E-state index contributed by atoms with van der Waals surface area (Å²) in [5.74, 6) is 7.96. The third kappa shape index (κ3) is 8.04. The molecule has 65 heavy (non-hydrogen) atoms. The van der Waals surface area contributed by atoms with Crippen LogP contribution in [0.1, 0.15) is 110 Å². The van der Waals surface area contributed by atoms with Crippen LogP contribution in [0.2, 0.25) is 0 Å². The van der Waals surface area contributed by atoms with Crippen molar-refractivity contribution in [3.63, 3.8) is 0 Å². The first kappa shape index (κ1) is 42.8. The monoisotopic (exact) mass is 873 g/mol. The van der Waals surface area contributed by atoms with Crippen LogP contribution >= 0.6 is 0 Å². The molecule has 1 aromatic heterocycles. The second-order valence-electron chi connectivity index (χ2n) is 18.9. The van der Waals surface area contributed by atoms with Gasteiger partial charge in [0.05, 0.1) is 37.3 Å². The van der Waals surface area contributed by atoms with E-state index in [-0.39, 0.29) is 71.0 Å². The molecule has 4 heterocycles. The number of rotatable bonds is 10. The molecule has 0 amide bonds. The van der Waals surface area contributed by atoms with Crippen LogP contribution in [0.4, 0.5) is 5.82 Å². The third-order valence-corrected chi connectivity index (χ3v) is 15.1. The first-order chi connectivity index (χ1) is 31.6. The highest BCUT2D eigenvalue weighted by atomic mass is 16.5. The number of methoxy groups -OCH3 is 1. The Kier molecular flexibility index (Phi) is 11.6. The standard InChI is InChI=1S/C55H58N3O7/c1-54(23-9-26-55(54)24-6-7-25-55)46-32-43-38-13-8-12-36(30-38)31-39(15-18-40-34-58(28-27-56-40)53(43)57-46)47-49(62)52(63-2)51(64-29-22-42(60)19-14-35-10-4-3-5-11-35)48-44(61)33-45(65-50(47)48)37-16-20-41(59)21-17-37/h3-5,8,10-14,16-17,19-21,30,32,39-40,42,45,56,59-60H,6-7,9,22-29,31,33-34H2,1-2H3,(H,61,62)/q-1/p+1. The predicted octanol–water partition coefficient (Wildman–Crippen LogP) is 9.11. The first-order valence-electron chi connectivity index (χ1n) is 23.4. The zero-order valence-corrected chi connectivity index (χ0v) is 37.4. The van der Waals surface area contributed by atoms with Gasteiger partial charge in [-0.2, -0.15) is 0 Å². The van der Waals surface area contributed by atoms with Gasteiger partial charge >= 0.3 is 5.78 Å². The van der Waals surface area contributed by atoms with E-state index in [1.807, 2.05) is 36.4 Å². The average molecular weight is 874 g/mol. The molecule has 4 aromatic carbocycles. The van der Waals surface area contributed by atoms with E-state index in [0.717, 1.165) is 53.1 Å². The molecule has 0 radical (unpaired) electrons. The quantitative estimate of drug-likeness (QED) is 0.0800. The van der Waals surface area contributed by atoms with E-state index in [1.165, 1.54) is 51.3 Å². The molecule has 3 fully saturated rings. The number of benzene rings is 4. The molecule has 5 aromatic rings. The van der Waals surface area contributed by atoms with E-state index in [0.29, 0.717) is 23.9 Å². The van der Waals surface area contributed by atoms with Crippen molar-refractivity contribution in [2.75, 3.05) is 38.3 Å². The number of nitrogens with one attached hydrogen (secondary N) is 1. The number of aliphatic hydroxyl groups excluding tert-OH is 1. The van der Waals surface area contributed by atoms with Crippen LogP contribution in [-0.2, 0) is 11.8 Å². The van der Waals surface area contributed by atoms with Crippen LogP contribution in [-0.4, -0.2) is 71.4 Å². The molecule has 1 spiro atoms. The molecule has 336 valence electrons.